The third-order valence-electron chi connectivity index (χ3n) is 4.70. The number of fused-ring (bicyclic) bond motifs is 2. The fourth-order valence-electron chi connectivity index (χ4n) is 3.02. The van der Waals surface area contributed by atoms with Crippen LogP contribution in [0.1, 0.15) is 29.3 Å². The fourth-order valence-corrected chi connectivity index (χ4v) is 3.93. The van der Waals surface area contributed by atoms with Gasteiger partial charge in [0, 0.05) is 17.5 Å². The fraction of sp³-hybridized carbons (Fsp3) is 0.381. The summed E-state index contributed by atoms with van der Waals surface area (Å²) in [5.41, 5.74) is 0.814. The highest BCUT2D eigenvalue weighted by molar-refractivity contribution is 7.11. The second-order valence-corrected chi connectivity index (χ2v) is 8.66. The standard InChI is InChI=1S/C21H24N4O5S/c1-12(2)17(25-21(29)30-11-13-6-4-3-5-7-13)19(27)24-15-8-14-9-22-16(31-14)10-23-20(28)18(15)26/h3-7,9,12,15,17H,8,10-11H2,1-2H3,(H,23,28)(H,24,27)(H,25,29). The molecule has 1 aliphatic rings. The average molecular weight is 445 g/mol. The number of ketones is 1. The van der Waals surface area contributed by atoms with E-state index in [9.17, 15) is 19.2 Å². The molecule has 0 aliphatic carbocycles. The smallest absolute Gasteiger partial charge is 0.408 e. The number of nitrogens with zero attached hydrogens (tertiary/aromatic N) is 1. The highest BCUT2D eigenvalue weighted by Crippen LogP contribution is 2.17. The maximum absolute atomic E-state index is 12.9. The number of rotatable bonds is 6. The zero-order chi connectivity index (χ0) is 22.4. The van der Waals surface area contributed by atoms with Crippen LogP contribution < -0.4 is 16.0 Å². The molecule has 2 aromatic rings. The second-order valence-electron chi connectivity index (χ2n) is 7.46. The lowest BCUT2D eigenvalue weighted by atomic mass is 10.0. The minimum Gasteiger partial charge on any atom is -0.445 e. The van der Waals surface area contributed by atoms with Crippen molar-refractivity contribution in [1.29, 1.82) is 0 Å². The third kappa shape index (κ3) is 6.11. The van der Waals surface area contributed by atoms with Gasteiger partial charge in [-0.3, -0.25) is 14.4 Å². The summed E-state index contributed by atoms with van der Waals surface area (Å²) < 4.78 is 5.19. The van der Waals surface area contributed by atoms with Gasteiger partial charge in [-0.15, -0.1) is 11.3 Å². The topological polar surface area (TPSA) is 126 Å². The molecule has 1 aromatic carbocycles. The SMILES string of the molecule is CC(C)C(NC(=O)OCc1ccccc1)C(=O)NC1Cc2cnc(s2)CNC(=O)C1=O. The number of Topliss-reactive ketones (excluding diaryl/α,β-unsaturated/α-hetero) is 1. The number of carbonyl (C=O) groups is 4. The first-order valence-corrected chi connectivity index (χ1v) is 10.7. The van der Waals surface area contributed by atoms with Crippen LogP contribution in [-0.2, 0) is 38.7 Å². The molecule has 2 bridgehead atoms. The van der Waals surface area contributed by atoms with Gasteiger partial charge in [0.2, 0.25) is 11.7 Å². The molecule has 0 saturated heterocycles. The van der Waals surface area contributed by atoms with Crippen molar-refractivity contribution in [3.63, 3.8) is 0 Å². The maximum atomic E-state index is 12.9. The molecule has 0 fully saturated rings. The number of amides is 3. The molecule has 1 aromatic heterocycles. The number of hydrogen-bond acceptors (Lipinski definition) is 7. The van der Waals surface area contributed by atoms with Crippen LogP contribution in [0.4, 0.5) is 4.79 Å². The van der Waals surface area contributed by atoms with Gasteiger partial charge in [0.25, 0.3) is 5.91 Å². The molecule has 3 N–H and O–H groups in total. The Morgan fingerprint density at radius 1 is 1.26 bits per heavy atom. The molecule has 9 nitrogen and oxygen atoms in total. The minimum atomic E-state index is -1.05. The van der Waals surface area contributed by atoms with Crippen LogP contribution in [0.2, 0.25) is 0 Å². The number of carbonyl (C=O) groups excluding carboxylic acids is 4. The van der Waals surface area contributed by atoms with Crippen molar-refractivity contribution in [2.75, 3.05) is 0 Å². The molecule has 2 atom stereocenters. The summed E-state index contributed by atoms with van der Waals surface area (Å²) in [4.78, 5) is 54.7. The Hall–Kier alpha value is -3.27. The molecule has 10 heteroatoms. The Morgan fingerprint density at radius 3 is 2.71 bits per heavy atom. The van der Waals surface area contributed by atoms with E-state index in [1.807, 2.05) is 30.3 Å². The first-order chi connectivity index (χ1) is 14.8. The van der Waals surface area contributed by atoms with Crippen LogP contribution in [0, 0.1) is 5.92 Å². The Labute approximate surface area is 183 Å². The number of nitrogens with one attached hydrogen (secondary N) is 3. The van der Waals surface area contributed by atoms with Gasteiger partial charge in [-0.05, 0) is 11.5 Å². The van der Waals surface area contributed by atoms with E-state index in [4.69, 9.17) is 4.74 Å². The van der Waals surface area contributed by atoms with Gasteiger partial charge < -0.3 is 20.7 Å². The predicted molar refractivity (Wildman–Crippen MR) is 113 cm³/mol. The minimum absolute atomic E-state index is 0.0636. The van der Waals surface area contributed by atoms with Gasteiger partial charge in [-0.25, -0.2) is 9.78 Å². The van der Waals surface area contributed by atoms with Crippen LogP contribution in [0.5, 0.6) is 0 Å². The van der Waals surface area contributed by atoms with E-state index in [0.717, 1.165) is 10.4 Å². The largest absolute Gasteiger partial charge is 0.445 e. The van der Waals surface area contributed by atoms with E-state index in [-0.39, 0.29) is 25.5 Å². The van der Waals surface area contributed by atoms with Crippen molar-refractivity contribution < 1.29 is 23.9 Å². The van der Waals surface area contributed by atoms with Crippen LogP contribution in [-0.4, -0.2) is 40.8 Å². The molecular formula is C21H24N4O5S. The molecule has 2 heterocycles. The molecule has 1 aliphatic heterocycles. The first-order valence-electron chi connectivity index (χ1n) is 9.86. The summed E-state index contributed by atoms with van der Waals surface area (Å²) in [5.74, 6) is -2.36. The quantitative estimate of drug-likeness (QED) is 0.577. The summed E-state index contributed by atoms with van der Waals surface area (Å²) >= 11 is 1.37. The molecule has 0 radical (unpaired) electrons. The van der Waals surface area contributed by atoms with Crippen molar-refractivity contribution in [3.05, 3.63) is 52.0 Å². The molecule has 0 spiro atoms. The molecule has 0 saturated carbocycles. The Morgan fingerprint density at radius 2 is 2.00 bits per heavy atom. The van der Waals surface area contributed by atoms with E-state index < -0.39 is 35.8 Å². The molecule has 3 amide bonds. The summed E-state index contributed by atoms with van der Waals surface area (Å²) in [6.45, 7) is 3.75. The molecule has 164 valence electrons. The summed E-state index contributed by atoms with van der Waals surface area (Å²) in [5, 5.41) is 8.36. The maximum Gasteiger partial charge on any atom is 0.408 e. The van der Waals surface area contributed by atoms with Gasteiger partial charge in [-0.1, -0.05) is 44.2 Å². The summed E-state index contributed by atoms with van der Waals surface area (Å²) in [7, 11) is 0. The van der Waals surface area contributed by atoms with Crippen molar-refractivity contribution in [3.8, 4) is 0 Å². The Bertz CT molecular complexity index is 960. The monoisotopic (exact) mass is 444 g/mol. The normalized spacial score (nSPS) is 17.1. The first kappa shape index (κ1) is 22.4. The van der Waals surface area contributed by atoms with Crippen molar-refractivity contribution in [2.45, 2.75) is 45.5 Å². The van der Waals surface area contributed by atoms with Crippen LogP contribution >= 0.6 is 11.3 Å². The van der Waals surface area contributed by atoms with Gasteiger partial charge in [0.05, 0.1) is 6.54 Å². The van der Waals surface area contributed by atoms with Crippen LogP contribution in [0.3, 0.4) is 0 Å². The number of hydrogen-bond donors (Lipinski definition) is 3. The van der Waals surface area contributed by atoms with Gasteiger partial charge in [-0.2, -0.15) is 0 Å². The van der Waals surface area contributed by atoms with Crippen molar-refractivity contribution >= 4 is 35.0 Å². The van der Waals surface area contributed by atoms with Gasteiger partial charge in [0.1, 0.15) is 23.7 Å². The molecule has 2 unspecified atom stereocenters. The van der Waals surface area contributed by atoms with E-state index in [2.05, 4.69) is 20.9 Å². The van der Waals surface area contributed by atoms with E-state index in [1.54, 1.807) is 20.0 Å². The van der Waals surface area contributed by atoms with Crippen LogP contribution in [0.15, 0.2) is 36.5 Å². The Kier molecular flexibility index (Phi) is 7.35. The number of alkyl carbamates (subject to hydrolysis) is 1. The van der Waals surface area contributed by atoms with E-state index >= 15 is 0 Å². The van der Waals surface area contributed by atoms with Gasteiger partial charge >= 0.3 is 6.09 Å². The van der Waals surface area contributed by atoms with Crippen LogP contribution in [0.25, 0.3) is 0 Å². The second kappa shape index (κ2) is 10.2. The third-order valence-corrected chi connectivity index (χ3v) is 5.72. The average Bonchev–Trinajstić information content (AvgIpc) is 3.21. The summed E-state index contributed by atoms with van der Waals surface area (Å²) in [6, 6.07) is 7.16. The molecule has 3 rings (SSSR count). The molecular weight excluding hydrogens is 420 g/mol. The van der Waals surface area contributed by atoms with Gasteiger partial charge in [0.15, 0.2) is 0 Å². The number of thiazole rings is 1. The number of benzene rings is 1. The number of ether oxygens (including phenoxy) is 1. The lowest BCUT2D eigenvalue weighted by Gasteiger charge is -2.24. The highest BCUT2D eigenvalue weighted by atomic mass is 32.1. The Balaban J connectivity index is 1.64. The summed E-state index contributed by atoms with van der Waals surface area (Å²) in [6.07, 6.45) is 1.03. The highest BCUT2D eigenvalue weighted by Gasteiger charge is 2.33. The molecule has 31 heavy (non-hydrogen) atoms. The van der Waals surface area contributed by atoms with E-state index in [0.29, 0.717) is 5.01 Å². The zero-order valence-electron chi connectivity index (χ0n) is 17.2. The predicted octanol–water partition coefficient (Wildman–Crippen LogP) is 1.32. The lowest BCUT2D eigenvalue weighted by Crippen LogP contribution is -2.56. The zero-order valence-corrected chi connectivity index (χ0v) is 18.0. The number of aromatic nitrogens is 1. The van der Waals surface area contributed by atoms with Crippen molar-refractivity contribution in [2.24, 2.45) is 5.92 Å². The van der Waals surface area contributed by atoms with E-state index in [1.165, 1.54) is 11.3 Å². The van der Waals surface area contributed by atoms with Crippen molar-refractivity contribution in [1.82, 2.24) is 20.9 Å². The lowest BCUT2D eigenvalue weighted by molar-refractivity contribution is -0.140.